The van der Waals surface area contributed by atoms with Crippen LogP contribution < -0.4 is 5.32 Å². The van der Waals surface area contributed by atoms with Crippen LogP contribution in [-0.4, -0.2) is 94.3 Å². The lowest BCUT2D eigenvalue weighted by Crippen LogP contribution is -2.38. The molecule has 2 heterocycles. The Hall–Kier alpha value is -3.54. The third-order valence-electron chi connectivity index (χ3n) is 6.08. The molecule has 0 unspecified atom stereocenters. The highest BCUT2D eigenvalue weighted by atomic mass is 16.5. The van der Waals surface area contributed by atoms with E-state index in [9.17, 15) is 15.0 Å². The van der Waals surface area contributed by atoms with E-state index in [4.69, 9.17) is 9.47 Å². The zero-order chi connectivity index (χ0) is 25.3. The number of ether oxygens (including phenoxy) is 2. The average Bonchev–Trinajstić information content (AvgIpc) is 3.35. The first-order valence-corrected chi connectivity index (χ1v) is 12.1. The van der Waals surface area contributed by atoms with Gasteiger partial charge >= 0.3 is 0 Å². The monoisotopic (exact) mass is 496 g/mol. The number of nitrogens with zero attached hydrogens (tertiary/aromatic N) is 5. The van der Waals surface area contributed by atoms with Crippen molar-refractivity contribution < 1.29 is 24.5 Å². The Bertz CT molecular complexity index is 1160. The number of hydrogen-bond donors (Lipinski definition) is 3. The van der Waals surface area contributed by atoms with Crippen LogP contribution in [0.15, 0.2) is 36.4 Å². The highest BCUT2D eigenvalue weighted by Crippen LogP contribution is 2.39. The highest BCUT2D eigenvalue weighted by molar-refractivity contribution is 5.95. The fourth-order valence-corrected chi connectivity index (χ4v) is 4.15. The molecule has 1 aliphatic rings. The van der Waals surface area contributed by atoms with Gasteiger partial charge in [-0.1, -0.05) is 12.1 Å². The number of aryl methyl sites for hydroxylation is 1. The van der Waals surface area contributed by atoms with Gasteiger partial charge < -0.3 is 25.0 Å². The number of aromatic nitrogens is 4. The molecule has 11 nitrogen and oxygen atoms in total. The third kappa shape index (κ3) is 6.36. The topological polar surface area (TPSA) is 135 Å². The lowest BCUT2D eigenvalue weighted by Gasteiger charge is -2.26. The molecule has 3 N–H and O–H groups in total. The smallest absolute Gasteiger partial charge is 0.251 e. The molecule has 1 fully saturated rings. The first kappa shape index (κ1) is 25.5. The number of benzene rings is 2. The minimum Gasteiger partial charge on any atom is -0.507 e. The summed E-state index contributed by atoms with van der Waals surface area (Å²) in [7, 11) is 1.62. The van der Waals surface area contributed by atoms with Crippen molar-refractivity contribution in [3.63, 3.8) is 0 Å². The quantitative estimate of drug-likeness (QED) is 0.340. The molecule has 192 valence electrons. The second-order valence-electron chi connectivity index (χ2n) is 8.60. The zero-order valence-electron chi connectivity index (χ0n) is 20.4. The second kappa shape index (κ2) is 12.4. The molecule has 1 aromatic heterocycles. The van der Waals surface area contributed by atoms with Crippen LogP contribution >= 0.6 is 0 Å². The summed E-state index contributed by atoms with van der Waals surface area (Å²) in [5, 5.41) is 35.9. The Balaban J connectivity index is 1.47. The first-order valence-electron chi connectivity index (χ1n) is 12.1. The van der Waals surface area contributed by atoms with Gasteiger partial charge in [0, 0.05) is 57.1 Å². The largest absolute Gasteiger partial charge is 0.507 e. The normalized spacial score (nSPS) is 14.1. The fraction of sp³-hybridized carbons (Fsp3) is 0.440. The number of phenolic OH excluding ortho intramolecular Hbond substituents is 2. The number of tetrazole rings is 1. The van der Waals surface area contributed by atoms with Crippen LogP contribution in [0, 0.1) is 0 Å². The summed E-state index contributed by atoms with van der Waals surface area (Å²) in [6, 6.07) is 9.90. The van der Waals surface area contributed by atoms with Gasteiger partial charge in [-0.2, -0.15) is 0 Å². The fourth-order valence-electron chi connectivity index (χ4n) is 4.15. The van der Waals surface area contributed by atoms with Crippen molar-refractivity contribution >= 4 is 5.91 Å². The summed E-state index contributed by atoms with van der Waals surface area (Å²) in [6.07, 6.45) is 1.55. The maximum Gasteiger partial charge on any atom is 0.251 e. The first-order chi connectivity index (χ1) is 17.6. The van der Waals surface area contributed by atoms with E-state index in [-0.39, 0.29) is 17.4 Å². The molecular formula is C25H32N6O5. The molecule has 1 aliphatic heterocycles. The Morgan fingerprint density at radius 1 is 1.08 bits per heavy atom. The number of morpholine rings is 1. The van der Waals surface area contributed by atoms with Gasteiger partial charge in [0.25, 0.3) is 5.91 Å². The van der Waals surface area contributed by atoms with Gasteiger partial charge in [0.15, 0.2) is 5.82 Å². The number of hydrogen-bond acceptors (Lipinski definition) is 9. The summed E-state index contributed by atoms with van der Waals surface area (Å²) >= 11 is 0. The van der Waals surface area contributed by atoms with Crippen molar-refractivity contribution in [1.29, 1.82) is 0 Å². The van der Waals surface area contributed by atoms with Crippen LogP contribution in [0.2, 0.25) is 0 Å². The minimum absolute atomic E-state index is 0.113. The van der Waals surface area contributed by atoms with Crippen LogP contribution in [0.25, 0.3) is 22.5 Å². The third-order valence-corrected chi connectivity index (χ3v) is 6.08. The molecule has 0 atom stereocenters. The standard InChI is InChI=1S/C25H32N6O5/c1-35-12-4-9-31-24(27-28-29-31)21-16-20(22(32)17-23(21)33)18-5-2-6-19(15-18)25(34)26-7-3-8-30-10-13-36-14-11-30/h2,5-6,15-17,32-33H,3-4,7-14H2,1H3,(H,26,34). The molecule has 1 saturated heterocycles. The summed E-state index contributed by atoms with van der Waals surface area (Å²) in [6.45, 7) is 5.91. The number of amides is 1. The molecule has 0 aliphatic carbocycles. The summed E-state index contributed by atoms with van der Waals surface area (Å²) < 4.78 is 12.0. The second-order valence-corrected chi connectivity index (χ2v) is 8.60. The van der Waals surface area contributed by atoms with Gasteiger partial charge in [0.05, 0.1) is 18.8 Å². The lowest BCUT2D eigenvalue weighted by molar-refractivity contribution is 0.0374. The number of nitrogens with one attached hydrogen (secondary N) is 1. The van der Waals surface area contributed by atoms with E-state index in [2.05, 4.69) is 25.7 Å². The number of methoxy groups -OCH3 is 1. The maximum absolute atomic E-state index is 12.8. The van der Waals surface area contributed by atoms with Gasteiger partial charge in [0.2, 0.25) is 0 Å². The van der Waals surface area contributed by atoms with Gasteiger partial charge in [-0.3, -0.25) is 9.69 Å². The Morgan fingerprint density at radius 3 is 2.69 bits per heavy atom. The number of carbonyl (C=O) groups is 1. The van der Waals surface area contributed by atoms with Crippen molar-refractivity contribution in [3.8, 4) is 34.0 Å². The van der Waals surface area contributed by atoms with Crippen molar-refractivity contribution in [1.82, 2.24) is 30.4 Å². The van der Waals surface area contributed by atoms with E-state index in [1.54, 1.807) is 42.1 Å². The Labute approximate surface area is 209 Å². The summed E-state index contributed by atoms with van der Waals surface area (Å²) in [4.78, 5) is 15.1. The minimum atomic E-state index is -0.181. The molecule has 0 radical (unpaired) electrons. The van der Waals surface area contributed by atoms with E-state index in [0.29, 0.717) is 54.2 Å². The maximum atomic E-state index is 12.8. The summed E-state index contributed by atoms with van der Waals surface area (Å²) in [5.74, 6) is -0.0654. The Morgan fingerprint density at radius 2 is 1.89 bits per heavy atom. The van der Waals surface area contributed by atoms with Gasteiger partial charge in [-0.25, -0.2) is 4.68 Å². The molecule has 2 aromatic carbocycles. The van der Waals surface area contributed by atoms with E-state index in [1.165, 1.54) is 6.07 Å². The predicted octanol–water partition coefficient (Wildman–Crippen LogP) is 1.91. The average molecular weight is 497 g/mol. The van der Waals surface area contributed by atoms with Crippen LogP contribution in [0.4, 0.5) is 0 Å². The van der Waals surface area contributed by atoms with E-state index in [1.807, 2.05) is 0 Å². The number of rotatable bonds is 11. The van der Waals surface area contributed by atoms with E-state index in [0.717, 1.165) is 39.3 Å². The van der Waals surface area contributed by atoms with Crippen LogP contribution in [-0.2, 0) is 16.0 Å². The highest BCUT2D eigenvalue weighted by Gasteiger charge is 2.18. The molecule has 4 rings (SSSR count). The Kier molecular flexibility index (Phi) is 8.82. The number of aromatic hydroxyl groups is 2. The van der Waals surface area contributed by atoms with Crippen LogP contribution in [0.1, 0.15) is 23.2 Å². The summed E-state index contributed by atoms with van der Waals surface area (Å²) in [5.41, 5.74) is 1.95. The predicted molar refractivity (Wildman–Crippen MR) is 133 cm³/mol. The molecule has 1 amide bonds. The lowest BCUT2D eigenvalue weighted by atomic mass is 9.98. The number of phenols is 2. The van der Waals surface area contributed by atoms with E-state index >= 15 is 0 Å². The van der Waals surface area contributed by atoms with Crippen molar-refractivity contribution in [3.05, 3.63) is 42.0 Å². The molecule has 3 aromatic rings. The molecule has 0 saturated carbocycles. The van der Waals surface area contributed by atoms with Crippen molar-refractivity contribution in [2.45, 2.75) is 19.4 Å². The molecular weight excluding hydrogens is 464 g/mol. The van der Waals surface area contributed by atoms with Gasteiger partial charge in [-0.15, -0.1) is 5.10 Å². The SMILES string of the molecule is COCCCn1nnnc1-c1cc(-c2cccc(C(=O)NCCCN3CCOCC3)c2)c(O)cc1O. The van der Waals surface area contributed by atoms with Gasteiger partial charge in [-0.05, 0) is 53.6 Å². The van der Waals surface area contributed by atoms with Crippen molar-refractivity contribution in [2.24, 2.45) is 0 Å². The zero-order valence-corrected chi connectivity index (χ0v) is 20.4. The molecule has 11 heteroatoms. The van der Waals surface area contributed by atoms with Gasteiger partial charge in [0.1, 0.15) is 11.5 Å². The van der Waals surface area contributed by atoms with Crippen LogP contribution in [0.5, 0.6) is 11.5 Å². The van der Waals surface area contributed by atoms with Crippen molar-refractivity contribution in [2.75, 3.05) is 53.1 Å². The van der Waals surface area contributed by atoms with Crippen LogP contribution in [0.3, 0.4) is 0 Å². The molecule has 0 bridgehead atoms. The molecule has 36 heavy (non-hydrogen) atoms. The number of carbonyl (C=O) groups excluding carboxylic acids is 1. The van der Waals surface area contributed by atoms with E-state index < -0.39 is 0 Å². The molecule has 0 spiro atoms.